The topological polar surface area (TPSA) is 35.5 Å². The third kappa shape index (κ3) is 2.04. The fourth-order valence-corrected chi connectivity index (χ4v) is 2.05. The molecule has 1 heterocycles. The summed E-state index contributed by atoms with van der Waals surface area (Å²) in [5, 5.41) is 0. The van der Waals surface area contributed by atoms with Crippen LogP contribution >= 0.6 is 0 Å². The maximum atomic E-state index is 13.6. The Morgan fingerprint density at radius 3 is 1.90 bits per heavy atom. The highest BCUT2D eigenvalue weighted by Crippen LogP contribution is 2.44. The highest BCUT2D eigenvalue weighted by molar-refractivity contribution is 5.66. The smallest absolute Gasteiger partial charge is 0.303 e. The van der Waals surface area contributed by atoms with Gasteiger partial charge in [0.25, 0.3) is 0 Å². The van der Waals surface area contributed by atoms with Gasteiger partial charge in [0.05, 0.1) is 12.2 Å². The van der Waals surface area contributed by atoms with E-state index in [1.165, 1.54) is 6.92 Å². The quantitative estimate of drug-likeness (QED) is 0.364. The first-order chi connectivity index (χ1) is 9.19. The van der Waals surface area contributed by atoms with Crippen LogP contribution in [-0.4, -0.2) is 18.2 Å². The Balaban J connectivity index is 2.52. The van der Waals surface area contributed by atoms with Gasteiger partial charge in [-0.15, -0.1) is 0 Å². The Labute approximate surface area is 110 Å². The van der Waals surface area contributed by atoms with E-state index in [-0.39, 0.29) is 6.61 Å². The van der Waals surface area contributed by atoms with E-state index >= 15 is 0 Å². The second-order valence-corrected chi connectivity index (χ2v) is 4.58. The van der Waals surface area contributed by atoms with Gasteiger partial charge in [0.2, 0.25) is 5.82 Å². The minimum atomic E-state index is -2.25. The van der Waals surface area contributed by atoms with Crippen LogP contribution in [0.1, 0.15) is 25.5 Å². The van der Waals surface area contributed by atoms with Crippen LogP contribution in [0.15, 0.2) is 0 Å². The van der Waals surface area contributed by atoms with Crippen molar-refractivity contribution in [2.45, 2.75) is 25.6 Å². The normalized spacial score (nSPS) is 25.2. The van der Waals surface area contributed by atoms with Crippen molar-refractivity contribution in [1.82, 2.24) is 0 Å². The first-order valence-electron chi connectivity index (χ1n) is 5.51. The number of hydrogen-bond acceptors (Lipinski definition) is 3. The Hall–Kier alpha value is -1.70. The maximum Gasteiger partial charge on any atom is 0.303 e. The lowest BCUT2D eigenvalue weighted by Gasteiger charge is -2.45. The molecule has 1 aliphatic heterocycles. The first-order valence-corrected chi connectivity index (χ1v) is 5.51. The molecule has 2 atom stereocenters. The van der Waals surface area contributed by atoms with Gasteiger partial charge in [0, 0.05) is 6.92 Å². The minimum absolute atomic E-state index is 0.212. The van der Waals surface area contributed by atoms with Crippen LogP contribution in [0.2, 0.25) is 0 Å². The zero-order valence-electron chi connectivity index (χ0n) is 10.4. The molecule has 3 nitrogen and oxygen atoms in total. The van der Waals surface area contributed by atoms with E-state index in [9.17, 15) is 26.7 Å². The van der Waals surface area contributed by atoms with Gasteiger partial charge in [-0.2, -0.15) is 0 Å². The molecule has 8 heteroatoms. The molecule has 1 fully saturated rings. The van der Waals surface area contributed by atoms with Crippen molar-refractivity contribution in [2.75, 3.05) is 6.61 Å². The van der Waals surface area contributed by atoms with E-state index in [0.29, 0.717) is 0 Å². The summed E-state index contributed by atoms with van der Waals surface area (Å²) in [5.74, 6) is -11.1. The molecule has 20 heavy (non-hydrogen) atoms. The molecule has 0 aliphatic carbocycles. The van der Waals surface area contributed by atoms with E-state index in [1.54, 1.807) is 0 Å². The Kier molecular flexibility index (Phi) is 3.45. The molecule has 1 saturated heterocycles. The molecule has 0 aromatic heterocycles. The Morgan fingerprint density at radius 1 is 1.10 bits per heavy atom. The van der Waals surface area contributed by atoms with Crippen LogP contribution in [0.3, 0.4) is 0 Å². The molecule has 0 spiro atoms. The zero-order valence-corrected chi connectivity index (χ0v) is 10.4. The molecular weight excluding hydrogens is 287 g/mol. The third-order valence-electron chi connectivity index (χ3n) is 2.97. The summed E-state index contributed by atoms with van der Waals surface area (Å²) >= 11 is 0. The number of benzene rings is 1. The molecule has 0 bridgehead atoms. The lowest BCUT2D eigenvalue weighted by Crippen LogP contribution is -2.53. The molecule has 0 amide bonds. The molecule has 1 aromatic rings. The molecule has 2 rings (SSSR count). The molecule has 1 aromatic carbocycles. The molecule has 0 radical (unpaired) electrons. The SMILES string of the molecule is CC(=O)O[C@@]1(C)CO[C@@H]1c1c(F)c(F)c(F)c(F)c1F. The average molecular weight is 296 g/mol. The van der Waals surface area contributed by atoms with Crippen LogP contribution < -0.4 is 0 Å². The van der Waals surface area contributed by atoms with Gasteiger partial charge >= 0.3 is 5.97 Å². The predicted octanol–water partition coefficient (Wildman–Crippen LogP) is 2.78. The maximum absolute atomic E-state index is 13.6. The number of rotatable bonds is 2. The number of hydrogen-bond donors (Lipinski definition) is 0. The van der Waals surface area contributed by atoms with Gasteiger partial charge in [-0.1, -0.05) is 0 Å². The van der Waals surface area contributed by atoms with Crippen molar-refractivity contribution in [3.63, 3.8) is 0 Å². The van der Waals surface area contributed by atoms with Crippen molar-refractivity contribution in [2.24, 2.45) is 0 Å². The van der Waals surface area contributed by atoms with E-state index in [4.69, 9.17) is 9.47 Å². The van der Waals surface area contributed by atoms with Crippen molar-refractivity contribution in [1.29, 1.82) is 0 Å². The number of carbonyl (C=O) groups is 1. The predicted molar refractivity (Wildman–Crippen MR) is 55.1 cm³/mol. The van der Waals surface area contributed by atoms with Crippen LogP contribution in [-0.2, 0) is 14.3 Å². The third-order valence-corrected chi connectivity index (χ3v) is 2.97. The molecule has 0 saturated carbocycles. The highest BCUT2D eigenvalue weighted by Gasteiger charge is 2.52. The van der Waals surface area contributed by atoms with Gasteiger partial charge in [0.15, 0.2) is 28.9 Å². The van der Waals surface area contributed by atoms with Crippen molar-refractivity contribution in [3.05, 3.63) is 34.6 Å². The number of carbonyl (C=O) groups excluding carboxylic acids is 1. The number of esters is 1. The summed E-state index contributed by atoms with van der Waals surface area (Å²) in [7, 11) is 0. The van der Waals surface area contributed by atoms with Gasteiger partial charge in [0.1, 0.15) is 6.10 Å². The number of halogens is 5. The molecule has 110 valence electrons. The summed E-state index contributed by atoms with van der Waals surface area (Å²) in [6, 6.07) is 0. The Bertz CT molecular complexity index is 560. The second kappa shape index (κ2) is 4.69. The summed E-state index contributed by atoms with van der Waals surface area (Å²) in [5.41, 5.74) is -2.62. The van der Waals surface area contributed by atoms with Gasteiger partial charge < -0.3 is 9.47 Å². The van der Waals surface area contributed by atoms with Gasteiger partial charge in [-0.3, -0.25) is 4.79 Å². The van der Waals surface area contributed by atoms with Crippen LogP contribution in [0.5, 0.6) is 0 Å². The fraction of sp³-hybridized carbons (Fsp3) is 0.417. The minimum Gasteiger partial charge on any atom is -0.454 e. The van der Waals surface area contributed by atoms with Gasteiger partial charge in [-0.05, 0) is 6.92 Å². The molecular formula is C12H9F5O3. The lowest BCUT2D eigenvalue weighted by molar-refractivity contribution is -0.249. The van der Waals surface area contributed by atoms with E-state index in [1.807, 2.05) is 0 Å². The van der Waals surface area contributed by atoms with Crippen molar-refractivity contribution in [3.8, 4) is 0 Å². The summed E-state index contributed by atoms with van der Waals surface area (Å²) in [6.07, 6.45) is -1.56. The molecule has 0 unspecified atom stereocenters. The lowest BCUT2D eigenvalue weighted by atomic mass is 9.87. The monoisotopic (exact) mass is 296 g/mol. The van der Waals surface area contributed by atoms with Crippen molar-refractivity contribution < 1.29 is 36.2 Å². The van der Waals surface area contributed by atoms with Crippen molar-refractivity contribution >= 4 is 5.97 Å². The average Bonchev–Trinajstić information content (AvgIpc) is 2.37. The number of ether oxygens (including phenoxy) is 2. The Morgan fingerprint density at radius 2 is 1.55 bits per heavy atom. The summed E-state index contributed by atoms with van der Waals surface area (Å²) in [6.45, 7) is 2.12. The fourth-order valence-electron chi connectivity index (χ4n) is 2.05. The second-order valence-electron chi connectivity index (χ2n) is 4.58. The van der Waals surface area contributed by atoms with Crippen LogP contribution in [0.25, 0.3) is 0 Å². The first kappa shape index (κ1) is 14.7. The molecule has 0 N–H and O–H groups in total. The standard InChI is InChI=1S/C12H9F5O3/c1-4(18)20-12(2)3-19-11(12)5-6(13)8(15)10(17)9(16)7(5)14/h11H,3H2,1-2H3/t11-,12+/m1/s1. The highest BCUT2D eigenvalue weighted by atomic mass is 19.2. The van der Waals surface area contributed by atoms with E-state index in [2.05, 4.69) is 0 Å². The van der Waals surface area contributed by atoms with E-state index in [0.717, 1.165) is 6.92 Å². The van der Waals surface area contributed by atoms with Crippen LogP contribution in [0, 0.1) is 29.1 Å². The van der Waals surface area contributed by atoms with E-state index < -0.39 is 52.3 Å². The van der Waals surface area contributed by atoms with Crippen LogP contribution in [0.4, 0.5) is 22.0 Å². The summed E-state index contributed by atoms with van der Waals surface area (Å²) < 4.78 is 76.0. The largest absolute Gasteiger partial charge is 0.454 e. The molecule has 1 aliphatic rings. The van der Waals surface area contributed by atoms with Gasteiger partial charge in [-0.25, -0.2) is 22.0 Å². The zero-order chi connectivity index (χ0) is 15.2. The summed E-state index contributed by atoms with van der Waals surface area (Å²) in [4.78, 5) is 10.9.